The summed E-state index contributed by atoms with van der Waals surface area (Å²) in [5, 5.41) is 6.51. The molecule has 2 aromatic rings. The summed E-state index contributed by atoms with van der Waals surface area (Å²) in [4.78, 5) is 13.4. The van der Waals surface area contributed by atoms with Gasteiger partial charge in [0.25, 0.3) is 0 Å². The van der Waals surface area contributed by atoms with Gasteiger partial charge >= 0.3 is 0 Å². The van der Waals surface area contributed by atoms with Gasteiger partial charge in [-0.05, 0) is 12.8 Å². The second kappa shape index (κ2) is 10.7. The molecule has 2 N–H and O–H groups in total. The highest BCUT2D eigenvalue weighted by Crippen LogP contribution is 2.22. The Morgan fingerprint density at radius 1 is 1.26 bits per heavy atom. The van der Waals surface area contributed by atoms with Gasteiger partial charge in [0.05, 0.1) is 12.7 Å². The third kappa shape index (κ3) is 7.51. The van der Waals surface area contributed by atoms with Gasteiger partial charge in [0.15, 0.2) is 5.96 Å². The minimum Gasteiger partial charge on any atom is -0.443 e. The van der Waals surface area contributed by atoms with Crippen LogP contribution in [-0.2, 0) is 25.0 Å². The van der Waals surface area contributed by atoms with E-state index in [4.69, 9.17) is 4.42 Å². The van der Waals surface area contributed by atoms with Gasteiger partial charge in [-0.1, -0.05) is 34.6 Å². The fourth-order valence-electron chi connectivity index (χ4n) is 2.44. The molecule has 0 atom stereocenters. The predicted molar refractivity (Wildman–Crippen MR) is 119 cm³/mol. The Hall–Kier alpha value is -1.58. The lowest BCUT2D eigenvalue weighted by Gasteiger charge is -2.13. The Kier molecular flexibility index (Phi) is 9.28. The summed E-state index contributed by atoms with van der Waals surface area (Å²) in [7, 11) is 0. The molecule has 2 heterocycles. The molecule has 0 radical (unpaired) electrons. The Bertz CT molecular complexity index is 714. The third-order valence-electron chi connectivity index (χ3n) is 3.79. The molecule has 0 aliphatic heterocycles. The SMILES string of the molecule is CCNC(=NCc1nccn1CC(C)C)NCc1ncc(C(C)(C)C)o1.I. The van der Waals surface area contributed by atoms with Crippen LogP contribution in [0.2, 0.25) is 0 Å². The number of guanidine groups is 1. The van der Waals surface area contributed by atoms with Crippen LogP contribution in [0.1, 0.15) is 59.0 Å². The number of hydrogen-bond donors (Lipinski definition) is 2. The van der Waals surface area contributed by atoms with Crippen molar-refractivity contribution in [2.75, 3.05) is 6.54 Å². The van der Waals surface area contributed by atoms with Crippen LogP contribution in [0.15, 0.2) is 28.0 Å². The number of hydrogen-bond acceptors (Lipinski definition) is 4. The van der Waals surface area contributed by atoms with Crippen LogP contribution in [0.4, 0.5) is 0 Å². The molecule has 8 heteroatoms. The number of imidazole rings is 1. The van der Waals surface area contributed by atoms with Crippen LogP contribution in [0, 0.1) is 5.92 Å². The molecule has 0 amide bonds. The van der Waals surface area contributed by atoms with Crippen LogP contribution in [-0.4, -0.2) is 27.0 Å². The van der Waals surface area contributed by atoms with Gasteiger partial charge in [0.1, 0.15) is 18.1 Å². The van der Waals surface area contributed by atoms with E-state index in [1.807, 2.05) is 19.3 Å². The maximum absolute atomic E-state index is 5.82. The molecule has 0 aliphatic carbocycles. The molecule has 0 saturated heterocycles. The Balaban J connectivity index is 0.00000364. The molecule has 2 aromatic heterocycles. The molecule has 2 rings (SSSR count). The summed E-state index contributed by atoms with van der Waals surface area (Å²) in [6.07, 6.45) is 5.63. The van der Waals surface area contributed by atoms with Gasteiger partial charge in [-0.15, -0.1) is 24.0 Å². The van der Waals surface area contributed by atoms with E-state index in [-0.39, 0.29) is 29.4 Å². The zero-order valence-corrected chi connectivity index (χ0v) is 19.6. The van der Waals surface area contributed by atoms with Crippen molar-refractivity contribution in [1.29, 1.82) is 0 Å². The van der Waals surface area contributed by atoms with E-state index in [0.29, 0.717) is 24.9 Å². The number of oxazole rings is 1. The van der Waals surface area contributed by atoms with Crippen LogP contribution < -0.4 is 10.6 Å². The summed E-state index contributed by atoms with van der Waals surface area (Å²) in [5.74, 6) is 3.79. The highest BCUT2D eigenvalue weighted by molar-refractivity contribution is 14.0. The minimum atomic E-state index is -0.0443. The lowest BCUT2D eigenvalue weighted by atomic mass is 9.94. The highest BCUT2D eigenvalue weighted by atomic mass is 127. The number of halogens is 1. The van der Waals surface area contributed by atoms with E-state index < -0.39 is 0 Å². The van der Waals surface area contributed by atoms with E-state index >= 15 is 0 Å². The van der Waals surface area contributed by atoms with Crippen molar-refractivity contribution in [1.82, 2.24) is 25.2 Å². The Morgan fingerprint density at radius 3 is 2.59 bits per heavy atom. The van der Waals surface area contributed by atoms with Crippen molar-refractivity contribution in [3.63, 3.8) is 0 Å². The molecule has 0 unspecified atom stereocenters. The molecule has 7 nitrogen and oxygen atoms in total. The lowest BCUT2D eigenvalue weighted by molar-refractivity contribution is 0.379. The topological polar surface area (TPSA) is 80.3 Å². The van der Waals surface area contributed by atoms with Gasteiger partial charge in [-0.3, -0.25) is 0 Å². The van der Waals surface area contributed by atoms with Crippen molar-refractivity contribution >= 4 is 29.9 Å². The molecule has 27 heavy (non-hydrogen) atoms. The number of aliphatic imine (C=N–C) groups is 1. The summed E-state index contributed by atoms with van der Waals surface area (Å²) in [6.45, 7) is 15.5. The van der Waals surface area contributed by atoms with E-state index in [1.165, 1.54) is 0 Å². The average Bonchev–Trinajstić information content (AvgIpc) is 3.18. The quantitative estimate of drug-likeness (QED) is 0.353. The third-order valence-corrected chi connectivity index (χ3v) is 3.79. The molecule has 0 aliphatic rings. The zero-order valence-electron chi connectivity index (χ0n) is 17.2. The van der Waals surface area contributed by atoms with Crippen molar-refractivity contribution in [2.24, 2.45) is 10.9 Å². The van der Waals surface area contributed by atoms with Crippen LogP contribution in [0.25, 0.3) is 0 Å². The number of nitrogens with one attached hydrogen (secondary N) is 2. The largest absolute Gasteiger partial charge is 0.443 e. The highest BCUT2D eigenvalue weighted by Gasteiger charge is 2.19. The van der Waals surface area contributed by atoms with Gasteiger partial charge in [0, 0.05) is 30.9 Å². The first-order valence-electron chi connectivity index (χ1n) is 9.27. The number of rotatable bonds is 7. The van der Waals surface area contributed by atoms with E-state index in [9.17, 15) is 0 Å². The molecule has 152 valence electrons. The van der Waals surface area contributed by atoms with Crippen molar-refractivity contribution in [3.8, 4) is 0 Å². The van der Waals surface area contributed by atoms with Crippen LogP contribution in [0.3, 0.4) is 0 Å². The monoisotopic (exact) mass is 488 g/mol. The summed E-state index contributed by atoms with van der Waals surface area (Å²) in [5.41, 5.74) is -0.0443. The normalized spacial score (nSPS) is 12.2. The Labute approximate surface area is 179 Å². The first-order valence-corrected chi connectivity index (χ1v) is 9.27. The molecule has 0 bridgehead atoms. The van der Waals surface area contributed by atoms with E-state index in [1.54, 1.807) is 6.20 Å². The summed E-state index contributed by atoms with van der Waals surface area (Å²) >= 11 is 0. The van der Waals surface area contributed by atoms with E-state index in [2.05, 4.69) is 64.8 Å². The second-order valence-corrected chi connectivity index (χ2v) is 7.81. The number of nitrogens with zero attached hydrogens (tertiary/aromatic N) is 4. The van der Waals surface area contributed by atoms with Gasteiger partial charge in [-0.25, -0.2) is 15.0 Å². The maximum Gasteiger partial charge on any atom is 0.213 e. The first-order chi connectivity index (χ1) is 12.3. The Morgan fingerprint density at radius 2 is 2.00 bits per heavy atom. The lowest BCUT2D eigenvalue weighted by Crippen LogP contribution is -2.37. The molecule has 0 fully saturated rings. The van der Waals surface area contributed by atoms with Crippen molar-refractivity contribution < 1.29 is 4.42 Å². The minimum absolute atomic E-state index is 0. The fourth-order valence-corrected chi connectivity index (χ4v) is 2.44. The molecule has 0 aromatic carbocycles. The zero-order chi connectivity index (χ0) is 19.2. The van der Waals surface area contributed by atoms with Gasteiger partial charge in [0.2, 0.25) is 5.89 Å². The predicted octanol–water partition coefficient (Wildman–Crippen LogP) is 3.70. The average molecular weight is 488 g/mol. The number of aromatic nitrogens is 3. The van der Waals surface area contributed by atoms with Gasteiger partial charge < -0.3 is 19.6 Å². The smallest absolute Gasteiger partial charge is 0.213 e. The standard InChI is InChI=1S/C19H32N6O.HI/c1-7-20-18(23-11-16-21-8-9-25(16)13-14(2)3)24-12-17-22-10-15(26-17)19(4,5)6;/h8-10,14H,7,11-13H2,1-6H3,(H2,20,23,24);1H. The summed E-state index contributed by atoms with van der Waals surface area (Å²) in [6, 6.07) is 0. The maximum atomic E-state index is 5.82. The fraction of sp³-hybridized carbons (Fsp3) is 0.632. The molecular weight excluding hydrogens is 455 g/mol. The van der Waals surface area contributed by atoms with E-state index in [0.717, 1.165) is 30.6 Å². The summed E-state index contributed by atoms with van der Waals surface area (Å²) < 4.78 is 7.97. The molecular formula is C19H33IN6O. The van der Waals surface area contributed by atoms with Crippen molar-refractivity contribution in [3.05, 3.63) is 36.1 Å². The van der Waals surface area contributed by atoms with Crippen molar-refractivity contribution in [2.45, 2.75) is 66.6 Å². The van der Waals surface area contributed by atoms with Gasteiger partial charge in [-0.2, -0.15) is 0 Å². The van der Waals surface area contributed by atoms with Crippen LogP contribution >= 0.6 is 24.0 Å². The molecule has 0 spiro atoms. The molecule has 0 saturated carbocycles. The second-order valence-electron chi connectivity index (χ2n) is 7.81. The first kappa shape index (κ1) is 23.5. The van der Waals surface area contributed by atoms with Crippen LogP contribution in [0.5, 0.6) is 0 Å².